The van der Waals surface area contributed by atoms with Gasteiger partial charge in [-0.05, 0) is 37.5 Å². The van der Waals surface area contributed by atoms with Gasteiger partial charge in [-0.25, -0.2) is 12.8 Å². The van der Waals surface area contributed by atoms with Crippen molar-refractivity contribution in [1.29, 1.82) is 0 Å². The lowest BCUT2D eigenvalue weighted by atomic mass is 10.1. The molecule has 0 bridgehead atoms. The van der Waals surface area contributed by atoms with Gasteiger partial charge in [-0.15, -0.1) is 0 Å². The number of nitrogens with one attached hydrogen (secondary N) is 1. The minimum Gasteiger partial charge on any atom is -0.310 e. The highest BCUT2D eigenvalue weighted by Crippen LogP contribution is 2.25. The van der Waals surface area contributed by atoms with E-state index in [9.17, 15) is 12.8 Å². The van der Waals surface area contributed by atoms with Crippen LogP contribution in [0.25, 0.3) is 0 Å². The Labute approximate surface area is 126 Å². The molecule has 4 nitrogen and oxygen atoms in total. The number of hydrogen-bond acceptors (Lipinski definition) is 3. The van der Waals surface area contributed by atoms with Crippen LogP contribution in [-0.2, 0) is 16.6 Å². The second-order valence-electron chi connectivity index (χ2n) is 5.86. The maximum absolute atomic E-state index is 14.1. The van der Waals surface area contributed by atoms with Crippen molar-refractivity contribution < 1.29 is 12.8 Å². The first-order valence-corrected chi connectivity index (χ1v) is 8.79. The van der Waals surface area contributed by atoms with Gasteiger partial charge in [0.1, 0.15) is 5.82 Å². The Hall–Kier alpha value is -0.980. The lowest BCUT2D eigenvalue weighted by Gasteiger charge is -2.18. The third-order valence-corrected chi connectivity index (χ3v) is 5.58. The van der Waals surface area contributed by atoms with Crippen LogP contribution in [0.1, 0.15) is 37.8 Å². The number of rotatable bonds is 5. The molecule has 1 aromatic carbocycles. The van der Waals surface area contributed by atoms with Crippen LogP contribution in [0.15, 0.2) is 17.0 Å². The monoisotopic (exact) mass is 314 g/mol. The predicted molar refractivity (Wildman–Crippen MR) is 81.1 cm³/mol. The quantitative estimate of drug-likeness (QED) is 0.908. The van der Waals surface area contributed by atoms with Crippen LogP contribution in [0.3, 0.4) is 0 Å². The molecule has 0 aromatic heterocycles. The van der Waals surface area contributed by atoms with Crippen molar-refractivity contribution in [3.63, 3.8) is 0 Å². The summed E-state index contributed by atoms with van der Waals surface area (Å²) in [6, 6.07) is 3.11. The van der Waals surface area contributed by atoms with Crippen molar-refractivity contribution in [2.24, 2.45) is 0 Å². The normalized spacial score (nSPS) is 16.8. The van der Waals surface area contributed by atoms with Gasteiger partial charge in [0, 0.05) is 31.2 Å². The van der Waals surface area contributed by atoms with E-state index in [1.807, 2.05) is 13.8 Å². The fourth-order valence-corrected chi connectivity index (χ4v) is 4.13. The number of nitrogens with zero attached hydrogens (tertiary/aromatic N) is 1. The van der Waals surface area contributed by atoms with E-state index in [-0.39, 0.29) is 16.8 Å². The first-order chi connectivity index (χ1) is 9.82. The van der Waals surface area contributed by atoms with Gasteiger partial charge in [0.15, 0.2) is 0 Å². The Morgan fingerprint density at radius 1 is 1.29 bits per heavy atom. The average molecular weight is 314 g/mol. The Balaban J connectivity index is 2.36. The van der Waals surface area contributed by atoms with Gasteiger partial charge >= 0.3 is 0 Å². The molecule has 1 aromatic rings. The zero-order valence-electron chi connectivity index (χ0n) is 12.8. The van der Waals surface area contributed by atoms with Gasteiger partial charge in [0.05, 0.1) is 4.90 Å². The molecule has 0 unspecified atom stereocenters. The zero-order chi connectivity index (χ0) is 15.6. The fourth-order valence-electron chi connectivity index (χ4n) is 2.48. The summed E-state index contributed by atoms with van der Waals surface area (Å²) in [4.78, 5) is 0.198. The van der Waals surface area contributed by atoms with Crippen LogP contribution in [-0.4, -0.2) is 31.9 Å². The second kappa shape index (κ2) is 6.42. The molecule has 0 atom stereocenters. The highest BCUT2D eigenvalue weighted by Gasteiger charge is 2.28. The van der Waals surface area contributed by atoms with Gasteiger partial charge in [-0.1, -0.05) is 13.8 Å². The summed E-state index contributed by atoms with van der Waals surface area (Å²) in [7, 11) is -3.50. The summed E-state index contributed by atoms with van der Waals surface area (Å²) in [5.41, 5.74) is 0.775. The Kier molecular flexibility index (Phi) is 5.01. The number of sulfonamides is 1. The molecule has 2 rings (SSSR count). The van der Waals surface area contributed by atoms with Gasteiger partial charge in [0.25, 0.3) is 0 Å². The standard InChI is InChI=1S/C15H23FN2O2S/c1-11(2)17-10-13-9-14(8-12(3)15(13)16)21(19,20)18-6-4-5-7-18/h8-9,11,17H,4-7,10H2,1-3H3. The predicted octanol–water partition coefficient (Wildman–Crippen LogP) is 2.42. The van der Waals surface area contributed by atoms with Gasteiger partial charge < -0.3 is 5.32 Å². The molecule has 1 aliphatic heterocycles. The number of benzene rings is 1. The smallest absolute Gasteiger partial charge is 0.243 e. The number of halogens is 1. The molecule has 0 radical (unpaired) electrons. The molecule has 0 amide bonds. The van der Waals surface area contributed by atoms with Crippen molar-refractivity contribution in [2.75, 3.05) is 13.1 Å². The summed E-state index contributed by atoms with van der Waals surface area (Å²) in [5, 5.41) is 3.13. The maximum Gasteiger partial charge on any atom is 0.243 e. The van der Waals surface area contributed by atoms with Gasteiger partial charge in [-0.2, -0.15) is 4.31 Å². The molecule has 6 heteroatoms. The summed E-state index contributed by atoms with van der Waals surface area (Å²) in [6.45, 7) is 6.98. The SMILES string of the molecule is Cc1cc(S(=O)(=O)N2CCCC2)cc(CNC(C)C)c1F. The summed E-state index contributed by atoms with van der Waals surface area (Å²) in [6.07, 6.45) is 1.78. The molecular formula is C15H23FN2O2S. The first kappa shape index (κ1) is 16.4. The number of hydrogen-bond donors (Lipinski definition) is 1. The Bertz CT molecular complexity index is 608. The van der Waals surface area contributed by atoms with Crippen molar-refractivity contribution in [2.45, 2.75) is 51.1 Å². The molecule has 1 aliphatic rings. The van der Waals surface area contributed by atoms with Crippen LogP contribution >= 0.6 is 0 Å². The Morgan fingerprint density at radius 2 is 1.90 bits per heavy atom. The molecule has 1 heterocycles. The minimum atomic E-state index is -3.50. The fraction of sp³-hybridized carbons (Fsp3) is 0.600. The molecule has 1 saturated heterocycles. The molecule has 0 saturated carbocycles. The molecule has 1 N–H and O–H groups in total. The lowest BCUT2D eigenvalue weighted by molar-refractivity contribution is 0.476. The average Bonchev–Trinajstić information content (AvgIpc) is 2.94. The molecule has 21 heavy (non-hydrogen) atoms. The lowest BCUT2D eigenvalue weighted by Crippen LogP contribution is -2.28. The zero-order valence-corrected chi connectivity index (χ0v) is 13.6. The Morgan fingerprint density at radius 3 is 2.48 bits per heavy atom. The van der Waals surface area contributed by atoms with E-state index < -0.39 is 10.0 Å². The third kappa shape index (κ3) is 3.62. The van der Waals surface area contributed by atoms with E-state index in [1.54, 1.807) is 6.92 Å². The van der Waals surface area contributed by atoms with Crippen LogP contribution in [0.5, 0.6) is 0 Å². The highest BCUT2D eigenvalue weighted by molar-refractivity contribution is 7.89. The van der Waals surface area contributed by atoms with E-state index in [0.29, 0.717) is 30.8 Å². The van der Waals surface area contributed by atoms with Gasteiger partial charge in [0.2, 0.25) is 10.0 Å². The summed E-state index contributed by atoms with van der Waals surface area (Å²) < 4.78 is 40.8. The highest BCUT2D eigenvalue weighted by atomic mass is 32.2. The third-order valence-electron chi connectivity index (χ3n) is 3.71. The van der Waals surface area contributed by atoms with Crippen LogP contribution in [0, 0.1) is 12.7 Å². The van der Waals surface area contributed by atoms with E-state index in [4.69, 9.17) is 0 Å². The van der Waals surface area contributed by atoms with Crippen LogP contribution in [0.2, 0.25) is 0 Å². The maximum atomic E-state index is 14.1. The molecule has 0 aliphatic carbocycles. The molecular weight excluding hydrogens is 291 g/mol. The first-order valence-electron chi connectivity index (χ1n) is 7.35. The second-order valence-corrected chi connectivity index (χ2v) is 7.80. The van der Waals surface area contributed by atoms with E-state index in [0.717, 1.165) is 12.8 Å². The minimum absolute atomic E-state index is 0.198. The van der Waals surface area contributed by atoms with E-state index in [2.05, 4.69) is 5.32 Å². The topological polar surface area (TPSA) is 49.4 Å². The van der Waals surface area contributed by atoms with E-state index in [1.165, 1.54) is 16.4 Å². The van der Waals surface area contributed by atoms with Crippen LogP contribution < -0.4 is 5.32 Å². The van der Waals surface area contributed by atoms with Crippen molar-refractivity contribution in [1.82, 2.24) is 9.62 Å². The largest absolute Gasteiger partial charge is 0.310 e. The molecule has 0 spiro atoms. The van der Waals surface area contributed by atoms with Gasteiger partial charge in [-0.3, -0.25) is 0 Å². The summed E-state index contributed by atoms with van der Waals surface area (Å²) in [5.74, 6) is -0.330. The number of aryl methyl sites for hydroxylation is 1. The summed E-state index contributed by atoms with van der Waals surface area (Å²) >= 11 is 0. The van der Waals surface area contributed by atoms with Crippen LogP contribution in [0.4, 0.5) is 4.39 Å². The van der Waals surface area contributed by atoms with Crippen molar-refractivity contribution >= 4 is 10.0 Å². The van der Waals surface area contributed by atoms with Crippen molar-refractivity contribution in [3.05, 3.63) is 29.1 Å². The van der Waals surface area contributed by atoms with Crippen molar-refractivity contribution in [3.8, 4) is 0 Å². The van der Waals surface area contributed by atoms with E-state index >= 15 is 0 Å². The molecule has 118 valence electrons. The molecule has 1 fully saturated rings.